The number of ketones is 1. The van der Waals surface area contributed by atoms with Crippen LogP contribution in [0.5, 0.6) is 0 Å². The molecule has 0 bridgehead atoms. The quantitative estimate of drug-likeness (QED) is 0.267. The average Bonchev–Trinajstić information content (AvgIpc) is 3.10. The first-order valence-electron chi connectivity index (χ1n) is 8.67. The van der Waals surface area contributed by atoms with Crippen molar-refractivity contribution in [3.05, 3.63) is 103 Å². The van der Waals surface area contributed by atoms with Gasteiger partial charge in [0.2, 0.25) is 5.78 Å². The molecular weight excluding hydrogens is 414 g/mol. The minimum atomic E-state index is -0.687. The zero-order valence-electron chi connectivity index (χ0n) is 15.4. The molecule has 4 aromatic rings. The van der Waals surface area contributed by atoms with E-state index in [1.54, 1.807) is 0 Å². The predicted molar refractivity (Wildman–Crippen MR) is 109 cm³/mol. The molecule has 0 saturated heterocycles. The number of thiophene rings is 1. The van der Waals surface area contributed by atoms with Gasteiger partial charge in [-0.15, -0.1) is 0 Å². The molecule has 0 amide bonds. The number of pyridine rings is 1. The number of halogens is 2. The zero-order valence-corrected chi connectivity index (χ0v) is 16.2. The van der Waals surface area contributed by atoms with E-state index >= 15 is 0 Å². The largest absolute Gasteiger partial charge is 0.337 e. The molecule has 0 aliphatic carbocycles. The Bertz CT molecular complexity index is 1390. The van der Waals surface area contributed by atoms with E-state index in [2.05, 4.69) is 0 Å². The third-order valence-electron chi connectivity index (χ3n) is 4.62. The predicted octanol–water partition coefficient (Wildman–Crippen LogP) is 4.78. The molecule has 4 rings (SSSR count). The number of rotatable bonds is 4. The topological polar surface area (TPSA) is 82.2 Å². The second-order valence-corrected chi connectivity index (χ2v) is 7.51. The number of carbonyl (C=O) groups excluding carboxylic acids is 1. The van der Waals surface area contributed by atoms with E-state index in [0.29, 0.717) is 17.0 Å². The standard InChI is InChI=1S/C21H12F2N2O4S/c1-11-10-12(2-8-16(11)23)19(27)18-15-7-9-17(26)24(14-5-3-13(22)4-6-14)20(15)30-21(18)25(28)29/h2-10H,1H3. The van der Waals surface area contributed by atoms with Gasteiger partial charge in [0.15, 0.2) is 0 Å². The fourth-order valence-corrected chi connectivity index (χ4v) is 4.31. The summed E-state index contributed by atoms with van der Waals surface area (Å²) < 4.78 is 28.1. The molecule has 0 N–H and O–H groups in total. The van der Waals surface area contributed by atoms with E-state index < -0.39 is 32.9 Å². The number of fused-ring (bicyclic) bond motifs is 1. The van der Waals surface area contributed by atoms with Crippen molar-refractivity contribution < 1.29 is 18.5 Å². The molecule has 2 aromatic carbocycles. The summed E-state index contributed by atoms with van der Waals surface area (Å²) in [5.74, 6) is -1.65. The second-order valence-electron chi connectivity index (χ2n) is 6.53. The van der Waals surface area contributed by atoms with E-state index in [9.17, 15) is 28.5 Å². The highest BCUT2D eigenvalue weighted by atomic mass is 32.1. The van der Waals surface area contributed by atoms with Crippen LogP contribution in [0.3, 0.4) is 0 Å². The van der Waals surface area contributed by atoms with E-state index in [1.807, 2.05) is 0 Å². The van der Waals surface area contributed by atoms with Crippen molar-refractivity contribution >= 4 is 32.3 Å². The normalized spacial score (nSPS) is 11.0. The molecule has 150 valence electrons. The van der Waals surface area contributed by atoms with Gasteiger partial charge in [-0.1, -0.05) is 0 Å². The van der Waals surface area contributed by atoms with Crippen LogP contribution in [0.15, 0.2) is 59.4 Å². The summed E-state index contributed by atoms with van der Waals surface area (Å²) in [5, 5.41) is 11.5. The van der Waals surface area contributed by atoms with Crippen LogP contribution in [-0.2, 0) is 0 Å². The molecule has 0 atom stereocenters. The summed E-state index contributed by atoms with van der Waals surface area (Å²) in [7, 11) is 0. The molecule has 0 spiro atoms. The van der Waals surface area contributed by atoms with Crippen LogP contribution < -0.4 is 5.56 Å². The molecule has 0 saturated carbocycles. The lowest BCUT2D eigenvalue weighted by Crippen LogP contribution is -2.16. The van der Waals surface area contributed by atoms with Crippen LogP contribution in [0, 0.1) is 28.7 Å². The van der Waals surface area contributed by atoms with E-state index in [1.165, 1.54) is 47.9 Å². The molecule has 0 radical (unpaired) electrons. The van der Waals surface area contributed by atoms with Gasteiger partial charge >= 0.3 is 5.00 Å². The molecule has 0 aliphatic rings. The molecule has 0 unspecified atom stereocenters. The Balaban J connectivity index is 2.01. The molecule has 30 heavy (non-hydrogen) atoms. The highest BCUT2D eigenvalue weighted by molar-refractivity contribution is 7.22. The number of nitro groups is 1. The monoisotopic (exact) mass is 426 g/mol. The molecule has 0 fully saturated rings. The van der Waals surface area contributed by atoms with Gasteiger partial charge in [0.25, 0.3) is 5.56 Å². The van der Waals surface area contributed by atoms with Crippen molar-refractivity contribution in [1.82, 2.24) is 4.57 Å². The van der Waals surface area contributed by atoms with Gasteiger partial charge in [-0.25, -0.2) is 8.78 Å². The number of aromatic nitrogens is 1. The van der Waals surface area contributed by atoms with Crippen molar-refractivity contribution in [3.63, 3.8) is 0 Å². The van der Waals surface area contributed by atoms with Crippen molar-refractivity contribution in [1.29, 1.82) is 0 Å². The van der Waals surface area contributed by atoms with Crippen LogP contribution in [0.25, 0.3) is 15.9 Å². The van der Waals surface area contributed by atoms with Gasteiger partial charge in [-0.05, 0) is 72.4 Å². The number of aryl methyl sites for hydroxylation is 1. The second kappa shape index (κ2) is 7.27. The summed E-state index contributed by atoms with van der Waals surface area (Å²) >= 11 is 0.677. The summed E-state index contributed by atoms with van der Waals surface area (Å²) in [6.45, 7) is 1.48. The molecule has 9 heteroatoms. The lowest BCUT2D eigenvalue weighted by Gasteiger charge is -2.07. The van der Waals surface area contributed by atoms with Gasteiger partial charge in [0, 0.05) is 17.0 Å². The van der Waals surface area contributed by atoms with Gasteiger partial charge in [0.05, 0.1) is 10.6 Å². The van der Waals surface area contributed by atoms with Crippen molar-refractivity contribution in [2.24, 2.45) is 0 Å². The number of carbonyl (C=O) groups is 1. The Morgan fingerprint density at radius 3 is 2.40 bits per heavy atom. The van der Waals surface area contributed by atoms with Crippen molar-refractivity contribution in [2.75, 3.05) is 0 Å². The average molecular weight is 426 g/mol. The lowest BCUT2D eigenvalue weighted by atomic mass is 10.0. The first-order valence-corrected chi connectivity index (χ1v) is 9.49. The minimum absolute atomic E-state index is 0.0937. The van der Waals surface area contributed by atoms with Crippen molar-refractivity contribution in [3.8, 4) is 5.69 Å². The Morgan fingerprint density at radius 2 is 1.77 bits per heavy atom. The first kappa shape index (κ1) is 19.6. The fraction of sp³-hybridized carbons (Fsp3) is 0.0476. The Labute approximate surface area is 171 Å². The van der Waals surface area contributed by atoms with Gasteiger partial charge in [-0.3, -0.25) is 24.3 Å². The first-order chi connectivity index (χ1) is 14.3. The molecule has 0 aliphatic heterocycles. The van der Waals surface area contributed by atoms with Gasteiger partial charge in [-0.2, -0.15) is 0 Å². The maximum Gasteiger partial charge on any atom is 0.337 e. The highest BCUT2D eigenvalue weighted by Crippen LogP contribution is 2.38. The SMILES string of the molecule is Cc1cc(C(=O)c2c([N+](=O)[O-])sc3c2ccc(=O)n3-c2ccc(F)cc2)ccc1F. The third kappa shape index (κ3) is 3.18. The van der Waals surface area contributed by atoms with Gasteiger partial charge < -0.3 is 0 Å². The van der Waals surface area contributed by atoms with Crippen LogP contribution in [-0.4, -0.2) is 15.3 Å². The smallest absolute Gasteiger partial charge is 0.288 e. The number of benzene rings is 2. The number of hydrogen-bond donors (Lipinski definition) is 0. The van der Waals surface area contributed by atoms with Crippen LogP contribution in [0.4, 0.5) is 13.8 Å². The Hall–Kier alpha value is -3.72. The van der Waals surface area contributed by atoms with E-state index in [-0.39, 0.29) is 26.9 Å². The Morgan fingerprint density at radius 1 is 1.07 bits per heavy atom. The maximum atomic E-state index is 13.6. The van der Waals surface area contributed by atoms with Crippen LogP contribution >= 0.6 is 11.3 Å². The molecular formula is C21H12F2N2O4S. The fourth-order valence-electron chi connectivity index (χ4n) is 3.18. The Kier molecular flexibility index (Phi) is 4.75. The zero-order chi connectivity index (χ0) is 21.6. The van der Waals surface area contributed by atoms with Crippen LogP contribution in [0.2, 0.25) is 0 Å². The number of hydrogen-bond acceptors (Lipinski definition) is 5. The molecule has 2 heterocycles. The third-order valence-corrected chi connectivity index (χ3v) is 5.76. The summed E-state index contributed by atoms with van der Waals surface area (Å²) in [6, 6.07) is 11.3. The molecule has 6 nitrogen and oxygen atoms in total. The summed E-state index contributed by atoms with van der Waals surface area (Å²) in [4.78, 5) is 36.8. The molecule has 2 aromatic heterocycles. The van der Waals surface area contributed by atoms with E-state index in [0.717, 1.165) is 18.2 Å². The van der Waals surface area contributed by atoms with E-state index in [4.69, 9.17) is 0 Å². The maximum absolute atomic E-state index is 13.6. The van der Waals surface area contributed by atoms with Crippen LogP contribution in [0.1, 0.15) is 21.5 Å². The van der Waals surface area contributed by atoms with Crippen molar-refractivity contribution in [2.45, 2.75) is 6.92 Å². The summed E-state index contributed by atoms with van der Waals surface area (Å²) in [6.07, 6.45) is 0. The minimum Gasteiger partial charge on any atom is -0.288 e. The highest BCUT2D eigenvalue weighted by Gasteiger charge is 2.30. The number of nitrogens with zero attached hydrogens (tertiary/aromatic N) is 2. The van der Waals surface area contributed by atoms with Gasteiger partial charge in [0.1, 0.15) is 22.0 Å². The summed E-state index contributed by atoms with van der Waals surface area (Å²) in [5.41, 5.74) is -0.0361. The lowest BCUT2D eigenvalue weighted by molar-refractivity contribution is -0.380.